The van der Waals surface area contributed by atoms with Crippen LogP contribution in [0.1, 0.15) is 37.7 Å². The number of methoxy groups -OCH3 is 2. The number of quaternary nitrogens is 1. The van der Waals surface area contributed by atoms with E-state index in [1.54, 1.807) is 21.0 Å². The van der Waals surface area contributed by atoms with Crippen LogP contribution in [0.15, 0.2) is 24.3 Å². The van der Waals surface area contributed by atoms with Crippen LogP contribution in [0.3, 0.4) is 0 Å². The van der Waals surface area contributed by atoms with Crippen LogP contribution in [0.2, 0.25) is 0 Å². The summed E-state index contributed by atoms with van der Waals surface area (Å²) in [5, 5.41) is 0. The Bertz CT molecular complexity index is 780. The minimum absolute atomic E-state index is 0.0313. The Morgan fingerprint density at radius 2 is 1.92 bits per heavy atom. The van der Waals surface area contributed by atoms with E-state index in [0.29, 0.717) is 35.6 Å². The Balaban J connectivity index is 2.10. The maximum Gasteiger partial charge on any atom is 0.339 e. The van der Waals surface area contributed by atoms with Crippen molar-refractivity contribution in [2.24, 2.45) is 0 Å². The van der Waals surface area contributed by atoms with Gasteiger partial charge in [-0.15, -0.1) is 0 Å². The Kier molecular flexibility index (Phi) is 5.98. The molecule has 1 unspecified atom stereocenters. The number of ketones is 1. The molecule has 2 N–H and O–H groups in total. The smallest absolute Gasteiger partial charge is 0.339 e. The molecule has 25 heavy (non-hydrogen) atoms. The molecule has 0 spiro atoms. The van der Waals surface area contributed by atoms with Crippen LogP contribution in [-0.4, -0.2) is 44.5 Å². The molecule has 0 fully saturated rings. The van der Waals surface area contributed by atoms with Crippen molar-refractivity contribution in [1.82, 2.24) is 4.98 Å². The Morgan fingerprint density at radius 3 is 2.56 bits per heavy atom. The lowest BCUT2D eigenvalue weighted by Crippen LogP contribution is -3.08. The summed E-state index contributed by atoms with van der Waals surface area (Å²) in [6, 6.07) is 7.80. The highest BCUT2D eigenvalue weighted by molar-refractivity contribution is 6.01. The second-order valence-electron chi connectivity index (χ2n) is 6.20. The predicted octanol–water partition coefficient (Wildman–Crippen LogP) is 1.32. The number of aromatic nitrogens is 1. The topological polar surface area (TPSA) is 72.8 Å². The first-order valence-electron chi connectivity index (χ1n) is 8.12. The van der Waals surface area contributed by atoms with E-state index < -0.39 is 5.97 Å². The lowest BCUT2D eigenvalue weighted by molar-refractivity contribution is -0.884. The van der Waals surface area contributed by atoms with E-state index in [4.69, 9.17) is 9.47 Å². The van der Waals surface area contributed by atoms with Gasteiger partial charge in [-0.1, -0.05) is 12.1 Å². The molecular weight excluding hydrogens is 320 g/mol. The molecule has 1 aromatic carbocycles. The predicted molar refractivity (Wildman–Crippen MR) is 94.4 cm³/mol. The van der Waals surface area contributed by atoms with E-state index in [1.165, 1.54) is 7.11 Å². The summed E-state index contributed by atoms with van der Waals surface area (Å²) >= 11 is 0. The van der Waals surface area contributed by atoms with E-state index in [2.05, 4.69) is 4.98 Å². The van der Waals surface area contributed by atoms with Gasteiger partial charge in [0.05, 0.1) is 32.5 Å². The number of Topliss-reactive ketones (excluding diaryl/α,β-unsaturated/α-hetero) is 1. The maximum absolute atomic E-state index is 12.6. The molecule has 0 aliphatic rings. The highest BCUT2D eigenvalue weighted by atomic mass is 16.5. The molecule has 0 bridgehead atoms. The van der Waals surface area contributed by atoms with Crippen molar-refractivity contribution in [2.75, 3.05) is 27.8 Å². The summed E-state index contributed by atoms with van der Waals surface area (Å²) in [4.78, 5) is 28.6. The number of hydrogen-bond donors (Lipinski definition) is 2. The number of aryl methyl sites for hydroxylation is 1. The number of esters is 1. The zero-order chi connectivity index (χ0) is 18.6. The minimum Gasteiger partial charge on any atom is -0.497 e. The Hall–Kier alpha value is -2.60. The summed E-state index contributed by atoms with van der Waals surface area (Å²) in [5.74, 6) is 0.341. The van der Waals surface area contributed by atoms with Crippen molar-refractivity contribution in [3.63, 3.8) is 0 Å². The lowest BCUT2D eigenvalue weighted by atomic mass is 10.1. The van der Waals surface area contributed by atoms with E-state index >= 15 is 0 Å². The number of carbonyl (C=O) groups excluding carboxylic acids is 2. The summed E-state index contributed by atoms with van der Waals surface area (Å²) in [5.41, 5.74) is 3.31. The third kappa shape index (κ3) is 4.28. The molecule has 0 aliphatic heterocycles. The number of likely N-dealkylation sites (N-methyl/N-ethyl adjacent to an activating group) is 1. The van der Waals surface area contributed by atoms with Crippen LogP contribution in [-0.2, 0) is 11.3 Å². The van der Waals surface area contributed by atoms with Crippen LogP contribution < -0.4 is 9.64 Å². The van der Waals surface area contributed by atoms with E-state index in [1.807, 2.05) is 31.3 Å². The standard InChI is InChI=1S/C19H24N2O4/c1-12-17(19(23)25-5)13(2)20-18(12)16(22)11-21(3)10-14-7-6-8-15(9-14)24-4/h6-9,20H,10-11H2,1-5H3/p+1. The molecule has 0 saturated carbocycles. The summed E-state index contributed by atoms with van der Waals surface area (Å²) in [6.45, 7) is 4.55. The van der Waals surface area contributed by atoms with Crippen LogP contribution in [0.5, 0.6) is 5.75 Å². The molecule has 0 aliphatic carbocycles. The van der Waals surface area contributed by atoms with Crippen molar-refractivity contribution >= 4 is 11.8 Å². The van der Waals surface area contributed by atoms with Gasteiger partial charge in [-0.2, -0.15) is 0 Å². The fraction of sp³-hybridized carbons (Fsp3) is 0.368. The van der Waals surface area contributed by atoms with Gasteiger partial charge in [0.1, 0.15) is 18.8 Å². The Labute approximate surface area is 147 Å². The van der Waals surface area contributed by atoms with Gasteiger partial charge in [0, 0.05) is 11.3 Å². The van der Waals surface area contributed by atoms with Crippen molar-refractivity contribution in [3.05, 3.63) is 52.3 Å². The SMILES string of the molecule is COC(=O)c1c(C)[nH]c(C(=O)C[NH+](C)Cc2cccc(OC)c2)c1C. The van der Waals surface area contributed by atoms with Crippen LogP contribution in [0, 0.1) is 13.8 Å². The van der Waals surface area contributed by atoms with Gasteiger partial charge in [-0.05, 0) is 31.5 Å². The van der Waals surface area contributed by atoms with Crippen LogP contribution >= 0.6 is 0 Å². The van der Waals surface area contributed by atoms with Gasteiger partial charge in [-0.25, -0.2) is 4.79 Å². The van der Waals surface area contributed by atoms with Crippen molar-refractivity contribution in [2.45, 2.75) is 20.4 Å². The van der Waals surface area contributed by atoms with Gasteiger partial charge in [0.25, 0.3) is 0 Å². The number of nitrogens with one attached hydrogen (secondary N) is 2. The number of ether oxygens (including phenoxy) is 2. The number of hydrogen-bond acceptors (Lipinski definition) is 4. The van der Waals surface area contributed by atoms with E-state index in [-0.39, 0.29) is 5.78 Å². The van der Waals surface area contributed by atoms with Crippen molar-refractivity contribution in [1.29, 1.82) is 0 Å². The van der Waals surface area contributed by atoms with Crippen molar-refractivity contribution in [3.8, 4) is 5.75 Å². The molecule has 0 radical (unpaired) electrons. The van der Waals surface area contributed by atoms with Crippen molar-refractivity contribution < 1.29 is 24.0 Å². The number of rotatable bonds is 7. The second kappa shape index (κ2) is 7.98. The summed E-state index contributed by atoms with van der Waals surface area (Å²) < 4.78 is 10.0. The first kappa shape index (κ1) is 18.7. The average Bonchev–Trinajstić information content (AvgIpc) is 2.88. The number of carbonyl (C=O) groups is 2. The summed E-state index contributed by atoms with van der Waals surface area (Å²) in [6.07, 6.45) is 0. The van der Waals surface area contributed by atoms with E-state index in [9.17, 15) is 9.59 Å². The molecule has 6 nitrogen and oxygen atoms in total. The molecule has 1 aromatic heterocycles. The zero-order valence-electron chi connectivity index (χ0n) is 15.4. The minimum atomic E-state index is -0.428. The molecule has 0 amide bonds. The first-order valence-corrected chi connectivity index (χ1v) is 8.12. The highest BCUT2D eigenvalue weighted by Gasteiger charge is 2.24. The molecule has 2 rings (SSSR count). The monoisotopic (exact) mass is 345 g/mol. The average molecular weight is 345 g/mol. The van der Waals surface area contributed by atoms with Gasteiger partial charge >= 0.3 is 5.97 Å². The molecule has 1 heterocycles. The third-order valence-electron chi connectivity index (χ3n) is 4.21. The van der Waals surface area contributed by atoms with Crippen LogP contribution in [0.25, 0.3) is 0 Å². The maximum atomic E-state index is 12.6. The molecular formula is C19H25N2O4+. The molecule has 2 aromatic rings. The molecule has 134 valence electrons. The largest absolute Gasteiger partial charge is 0.497 e. The number of benzene rings is 1. The number of aromatic amines is 1. The zero-order valence-corrected chi connectivity index (χ0v) is 15.4. The highest BCUT2D eigenvalue weighted by Crippen LogP contribution is 2.19. The van der Waals surface area contributed by atoms with Crippen LogP contribution in [0.4, 0.5) is 0 Å². The van der Waals surface area contributed by atoms with E-state index in [0.717, 1.165) is 16.2 Å². The second-order valence-corrected chi connectivity index (χ2v) is 6.20. The number of H-pyrrole nitrogens is 1. The Morgan fingerprint density at radius 1 is 1.20 bits per heavy atom. The molecule has 1 atom stereocenters. The quantitative estimate of drug-likeness (QED) is 0.586. The third-order valence-corrected chi connectivity index (χ3v) is 4.21. The van der Waals surface area contributed by atoms with Gasteiger partial charge < -0.3 is 19.4 Å². The fourth-order valence-corrected chi connectivity index (χ4v) is 2.99. The lowest BCUT2D eigenvalue weighted by Gasteiger charge is -2.13. The van der Waals surface area contributed by atoms with Gasteiger partial charge in [0.2, 0.25) is 5.78 Å². The molecule has 0 saturated heterocycles. The molecule has 6 heteroatoms. The summed E-state index contributed by atoms with van der Waals surface area (Å²) in [7, 11) is 4.93. The normalized spacial score (nSPS) is 11.9. The first-order chi connectivity index (χ1) is 11.9. The van der Waals surface area contributed by atoms with Gasteiger partial charge in [0.15, 0.2) is 0 Å². The fourth-order valence-electron chi connectivity index (χ4n) is 2.99. The van der Waals surface area contributed by atoms with Gasteiger partial charge in [-0.3, -0.25) is 4.79 Å².